The van der Waals surface area contributed by atoms with Crippen LogP contribution in [0.1, 0.15) is 35.6 Å². The van der Waals surface area contributed by atoms with E-state index in [0.717, 1.165) is 41.2 Å². The molecular weight excluding hydrogens is 397 g/mol. The largest absolute Gasteiger partial charge is 0.467 e. The number of nitrogens with zero attached hydrogens (tertiary/aromatic N) is 3. The lowest BCUT2D eigenvalue weighted by Gasteiger charge is -2.21. The molecule has 4 rings (SSSR count). The molecule has 1 fully saturated rings. The molecule has 3 aromatic rings. The van der Waals surface area contributed by atoms with Gasteiger partial charge in [0.1, 0.15) is 5.76 Å². The quantitative estimate of drug-likeness (QED) is 0.558. The lowest BCUT2D eigenvalue weighted by atomic mass is 10.1. The van der Waals surface area contributed by atoms with Gasteiger partial charge in [0.25, 0.3) is 0 Å². The molecule has 0 saturated heterocycles. The first-order chi connectivity index (χ1) is 13.4. The Labute approximate surface area is 173 Å². The number of amides is 1. The second kappa shape index (κ2) is 7.64. The van der Waals surface area contributed by atoms with E-state index in [4.69, 9.17) is 27.6 Å². The Morgan fingerprint density at radius 2 is 2.04 bits per heavy atom. The smallest absolute Gasteiger partial charge is 0.227 e. The van der Waals surface area contributed by atoms with E-state index in [1.807, 2.05) is 41.6 Å². The Morgan fingerprint density at radius 1 is 1.25 bits per heavy atom. The van der Waals surface area contributed by atoms with E-state index in [-0.39, 0.29) is 5.91 Å². The summed E-state index contributed by atoms with van der Waals surface area (Å²) in [4.78, 5) is 15.0. The van der Waals surface area contributed by atoms with Crippen LogP contribution in [-0.2, 0) is 17.8 Å². The highest BCUT2D eigenvalue weighted by molar-refractivity contribution is 6.42. The summed E-state index contributed by atoms with van der Waals surface area (Å²) in [5, 5.41) is 5.60. The summed E-state index contributed by atoms with van der Waals surface area (Å²) in [6.45, 7) is 4.41. The van der Waals surface area contributed by atoms with Crippen molar-refractivity contribution in [2.75, 3.05) is 0 Å². The van der Waals surface area contributed by atoms with E-state index in [0.29, 0.717) is 29.1 Å². The molecule has 1 amide bonds. The third-order valence-electron chi connectivity index (χ3n) is 5.13. The summed E-state index contributed by atoms with van der Waals surface area (Å²) in [6.07, 6.45) is 4.05. The third-order valence-corrected chi connectivity index (χ3v) is 5.87. The van der Waals surface area contributed by atoms with Crippen molar-refractivity contribution in [3.05, 3.63) is 69.4 Å². The number of halogens is 2. The van der Waals surface area contributed by atoms with Gasteiger partial charge in [0.15, 0.2) is 0 Å². The molecule has 7 heteroatoms. The van der Waals surface area contributed by atoms with E-state index in [1.54, 1.807) is 18.4 Å². The molecule has 0 N–H and O–H groups in total. The van der Waals surface area contributed by atoms with Crippen LogP contribution in [0, 0.1) is 13.8 Å². The molecule has 5 nitrogen and oxygen atoms in total. The Hall–Kier alpha value is -2.24. The van der Waals surface area contributed by atoms with Crippen molar-refractivity contribution in [1.82, 2.24) is 14.7 Å². The lowest BCUT2D eigenvalue weighted by molar-refractivity contribution is -0.132. The summed E-state index contributed by atoms with van der Waals surface area (Å²) in [6, 6.07) is 9.46. The van der Waals surface area contributed by atoms with Gasteiger partial charge in [-0.1, -0.05) is 23.2 Å². The molecule has 28 heavy (non-hydrogen) atoms. The first kappa shape index (κ1) is 19.1. The van der Waals surface area contributed by atoms with E-state index in [2.05, 4.69) is 5.10 Å². The minimum atomic E-state index is 0.0961. The molecule has 0 radical (unpaired) electrons. The number of aryl methyl sites for hydroxylation is 1. The van der Waals surface area contributed by atoms with Crippen molar-refractivity contribution >= 4 is 29.1 Å². The highest BCUT2D eigenvalue weighted by Gasteiger charge is 2.33. The van der Waals surface area contributed by atoms with E-state index in [1.165, 1.54) is 0 Å². The monoisotopic (exact) mass is 417 g/mol. The molecule has 2 heterocycles. The second-order valence-corrected chi connectivity index (χ2v) is 7.98. The summed E-state index contributed by atoms with van der Waals surface area (Å²) in [5.74, 6) is 0.902. The predicted molar refractivity (Wildman–Crippen MR) is 109 cm³/mol. The Balaban J connectivity index is 1.58. The molecular formula is C21H21Cl2N3O2. The number of furan rings is 1. The molecule has 0 spiro atoms. The van der Waals surface area contributed by atoms with Crippen molar-refractivity contribution in [3.63, 3.8) is 0 Å². The number of hydrogen-bond acceptors (Lipinski definition) is 3. The van der Waals surface area contributed by atoms with Gasteiger partial charge in [-0.3, -0.25) is 4.79 Å². The van der Waals surface area contributed by atoms with Gasteiger partial charge in [0.2, 0.25) is 5.91 Å². The number of aromatic nitrogens is 2. The van der Waals surface area contributed by atoms with Gasteiger partial charge >= 0.3 is 0 Å². The maximum Gasteiger partial charge on any atom is 0.227 e. The van der Waals surface area contributed by atoms with Crippen LogP contribution in [0.25, 0.3) is 5.69 Å². The molecule has 1 saturated carbocycles. The van der Waals surface area contributed by atoms with Crippen LogP contribution in [-0.4, -0.2) is 26.6 Å². The summed E-state index contributed by atoms with van der Waals surface area (Å²) < 4.78 is 7.25. The van der Waals surface area contributed by atoms with Crippen LogP contribution < -0.4 is 0 Å². The minimum Gasteiger partial charge on any atom is -0.467 e. The SMILES string of the molecule is Cc1nn(-c2ccc(Cl)c(Cl)c2)c(C)c1CC(=O)N(Cc1ccco1)C1CC1. The fourth-order valence-corrected chi connectivity index (χ4v) is 3.72. The van der Waals surface area contributed by atoms with Crippen molar-refractivity contribution in [1.29, 1.82) is 0 Å². The van der Waals surface area contributed by atoms with Gasteiger partial charge in [-0.2, -0.15) is 5.10 Å². The van der Waals surface area contributed by atoms with Gasteiger partial charge in [0.05, 0.1) is 40.7 Å². The van der Waals surface area contributed by atoms with Gasteiger partial charge in [-0.05, 0) is 57.0 Å². The van der Waals surface area contributed by atoms with Gasteiger partial charge in [0, 0.05) is 17.3 Å². The average molecular weight is 418 g/mol. The molecule has 1 aromatic carbocycles. The highest BCUT2D eigenvalue weighted by atomic mass is 35.5. The number of benzene rings is 1. The Kier molecular flexibility index (Phi) is 5.21. The summed E-state index contributed by atoms with van der Waals surface area (Å²) >= 11 is 12.2. The highest BCUT2D eigenvalue weighted by Crippen LogP contribution is 2.30. The first-order valence-electron chi connectivity index (χ1n) is 9.26. The molecule has 146 valence electrons. The molecule has 0 bridgehead atoms. The van der Waals surface area contributed by atoms with E-state index < -0.39 is 0 Å². The van der Waals surface area contributed by atoms with Crippen LogP contribution in [0.15, 0.2) is 41.0 Å². The zero-order valence-electron chi connectivity index (χ0n) is 15.8. The third kappa shape index (κ3) is 3.82. The fourth-order valence-electron chi connectivity index (χ4n) is 3.43. The first-order valence-corrected chi connectivity index (χ1v) is 10.0. The normalized spacial score (nSPS) is 13.7. The van der Waals surface area contributed by atoms with Crippen molar-refractivity contribution < 1.29 is 9.21 Å². The number of carbonyl (C=O) groups is 1. The van der Waals surface area contributed by atoms with Crippen molar-refractivity contribution in [2.45, 2.75) is 45.7 Å². The maximum absolute atomic E-state index is 13.1. The minimum absolute atomic E-state index is 0.0961. The second-order valence-electron chi connectivity index (χ2n) is 7.17. The number of rotatable bonds is 6. The Bertz CT molecular complexity index is 1010. The summed E-state index contributed by atoms with van der Waals surface area (Å²) in [5.41, 5.74) is 3.54. The molecule has 2 aromatic heterocycles. The van der Waals surface area contributed by atoms with Crippen LogP contribution in [0.3, 0.4) is 0 Å². The number of carbonyl (C=O) groups excluding carboxylic acids is 1. The zero-order chi connectivity index (χ0) is 19.8. The number of hydrogen-bond donors (Lipinski definition) is 0. The van der Waals surface area contributed by atoms with Gasteiger partial charge in [-0.15, -0.1) is 0 Å². The van der Waals surface area contributed by atoms with Crippen LogP contribution >= 0.6 is 23.2 Å². The lowest BCUT2D eigenvalue weighted by Crippen LogP contribution is -2.33. The Morgan fingerprint density at radius 3 is 2.68 bits per heavy atom. The zero-order valence-corrected chi connectivity index (χ0v) is 17.3. The predicted octanol–water partition coefficient (Wildman–Crippen LogP) is 5.12. The maximum atomic E-state index is 13.1. The topological polar surface area (TPSA) is 51.3 Å². The van der Waals surface area contributed by atoms with Crippen molar-refractivity contribution in [2.24, 2.45) is 0 Å². The van der Waals surface area contributed by atoms with E-state index >= 15 is 0 Å². The van der Waals surface area contributed by atoms with Crippen LogP contribution in [0.2, 0.25) is 10.0 Å². The average Bonchev–Trinajstić information content (AvgIpc) is 3.31. The standard InChI is InChI=1S/C21H21Cl2N3O2/c1-13-18(14(2)26(24-13)16-7-8-19(22)20(23)10-16)11-21(27)25(15-5-6-15)12-17-4-3-9-28-17/h3-4,7-10,15H,5-6,11-12H2,1-2H3. The molecule has 0 atom stereocenters. The molecule has 0 unspecified atom stereocenters. The van der Waals surface area contributed by atoms with Gasteiger partial charge in [-0.25, -0.2) is 4.68 Å². The molecule has 1 aliphatic carbocycles. The van der Waals surface area contributed by atoms with Crippen molar-refractivity contribution in [3.8, 4) is 5.69 Å². The molecule has 0 aliphatic heterocycles. The van der Waals surface area contributed by atoms with Crippen LogP contribution in [0.4, 0.5) is 0 Å². The van der Waals surface area contributed by atoms with Gasteiger partial charge < -0.3 is 9.32 Å². The molecule has 1 aliphatic rings. The van der Waals surface area contributed by atoms with E-state index in [9.17, 15) is 4.79 Å². The van der Waals surface area contributed by atoms with Crippen LogP contribution in [0.5, 0.6) is 0 Å². The summed E-state index contributed by atoms with van der Waals surface area (Å²) in [7, 11) is 0. The fraction of sp³-hybridized carbons (Fsp3) is 0.333.